The predicted molar refractivity (Wildman–Crippen MR) is 112 cm³/mol. The molecule has 0 radical (unpaired) electrons. The van der Waals surface area contributed by atoms with E-state index < -0.39 is 0 Å². The van der Waals surface area contributed by atoms with E-state index in [-0.39, 0.29) is 11.9 Å². The second kappa shape index (κ2) is 9.03. The molecule has 7 heteroatoms. The summed E-state index contributed by atoms with van der Waals surface area (Å²) in [5.41, 5.74) is 2.44. The number of methoxy groups -OCH3 is 2. The van der Waals surface area contributed by atoms with Gasteiger partial charge in [-0.3, -0.25) is 4.79 Å². The zero-order valence-electron chi connectivity index (χ0n) is 16.3. The average Bonchev–Trinajstić information content (AvgIpc) is 3.15. The van der Waals surface area contributed by atoms with Crippen molar-refractivity contribution in [3.63, 3.8) is 0 Å². The van der Waals surface area contributed by atoms with Crippen molar-refractivity contribution in [2.24, 2.45) is 0 Å². The molecule has 0 saturated carbocycles. The minimum Gasteiger partial charge on any atom is -0.497 e. The van der Waals surface area contributed by atoms with Crippen molar-refractivity contribution >= 4 is 34.8 Å². The van der Waals surface area contributed by atoms with Gasteiger partial charge in [0.15, 0.2) is 6.54 Å². The maximum Gasteiger partial charge on any atom is 0.279 e. The zero-order chi connectivity index (χ0) is 20.3. The first kappa shape index (κ1) is 20.8. The van der Waals surface area contributed by atoms with Gasteiger partial charge in [0.2, 0.25) is 0 Å². The summed E-state index contributed by atoms with van der Waals surface area (Å²) in [6.45, 7) is 3.13. The van der Waals surface area contributed by atoms with E-state index in [0.29, 0.717) is 22.3 Å². The smallest absolute Gasteiger partial charge is 0.279 e. The third-order valence-electron chi connectivity index (χ3n) is 5.24. The molecule has 2 aromatic carbocycles. The lowest BCUT2D eigenvalue weighted by atomic mass is 10.0. The van der Waals surface area contributed by atoms with Crippen LogP contribution in [0.3, 0.4) is 0 Å². The van der Waals surface area contributed by atoms with Crippen molar-refractivity contribution in [1.82, 2.24) is 0 Å². The van der Waals surface area contributed by atoms with Gasteiger partial charge in [0.1, 0.15) is 17.5 Å². The number of hydrogen-bond donors (Lipinski definition) is 2. The highest BCUT2D eigenvalue weighted by Gasteiger charge is 2.34. The summed E-state index contributed by atoms with van der Waals surface area (Å²) in [5, 5.41) is 3.81. The lowest BCUT2D eigenvalue weighted by Gasteiger charge is -2.23. The first-order valence-electron chi connectivity index (χ1n) is 9.25. The molecule has 1 saturated heterocycles. The van der Waals surface area contributed by atoms with Gasteiger partial charge >= 0.3 is 0 Å². The van der Waals surface area contributed by atoms with Crippen LogP contribution in [-0.4, -0.2) is 33.2 Å². The second-order valence-corrected chi connectivity index (χ2v) is 7.77. The number of amides is 1. The highest BCUT2D eigenvalue weighted by molar-refractivity contribution is 6.40. The third-order valence-corrected chi connectivity index (χ3v) is 6.04. The molecule has 1 unspecified atom stereocenters. The van der Waals surface area contributed by atoms with E-state index in [1.807, 2.05) is 31.2 Å². The van der Waals surface area contributed by atoms with E-state index in [1.54, 1.807) is 20.3 Å². The summed E-state index contributed by atoms with van der Waals surface area (Å²) in [4.78, 5) is 13.9. The fourth-order valence-corrected chi connectivity index (χ4v) is 4.23. The zero-order valence-corrected chi connectivity index (χ0v) is 17.8. The van der Waals surface area contributed by atoms with Crippen LogP contribution in [0.1, 0.15) is 30.0 Å². The Morgan fingerprint density at radius 1 is 1.21 bits per heavy atom. The molecule has 28 heavy (non-hydrogen) atoms. The highest BCUT2D eigenvalue weighted by Crippen LogP contribution is 2.33. The Morgan fingerprint density at radius 3 is 2.71 bits per heavy atom. The normalized spacial score (nSPS) is 18.8. The summed E-state index contributed by atoms with van der Waals surface area (Å²) < 4.78 is 10.9. The van der Waals surface area contributed by atoms with Crippen LogP contribution in [0.4, 0.5) is 5.69 Å². The standard InChI is InChI=1S/C21H24Cl2N2O3/c1-13-6-9-16(22)21(20(13)23)24-19(26)12-25-10-4-5-17(25)15-8-7-14(27-2)11-18(15)28-3/h6-9,11,17H,4-5,10,12H2,1-3H3,(H,24,26)/p+1/t17-/m1/s1. The maximum atomic E-state index is 12.7. The second-order valence-electron chi connectivity index (χ2n) is 6.99. The lowest BCUT2D eigenvalue weighted by molar-refractivity contribution is -0.910. The van der Waals surface area contributed by atoms with E-state index >= 15 is 0 Å². The van der Waals surface area contributed by atoms with Crippen LogP contribution in [-0.2, 0) is 4.79 Å². The Morgan fingerprint density at radius 2 is 2.00 bits per heavy atom. The Bertz CT molecular complexity index is 873. The van der Waals surface area contributed by atoms with Gasteiger partial charge in [0.25, 0.3) is 5.91 Å². The van der Waals surface area contributed by atoms with Crippen molar-refractivity contribution in [2.75, 3.05) is 32.6 Å². The molecule has 1 aliphatic rings. The summed E-state index contributed by atoms with van der Waals surface area (Å²) in [6, 6.07) is 9.61. The Balaban J connectivity index is 1.76. The minimum atomic E-state index is -0.108. The maximum absolute atomic E-state index is 12.7. The number of ether oxygens (including phenoxy) is 2. The number of halogens is 2. The molecule has 0 spiro atoms. The molecule has 1 fully saturated rings. The van der Waals surface area contributed by atoms with Crippen molar-refractivity contribution < 1.29 is 19.2 Å². The molecule has 150 valence electrons. The highest BCUT2D eigenvalue weighted by atomic mass is 35.5. The third kappa shape index (κ3) is 4.37. The molecule has 2 N–H and O–H groups in total. The van der Waals surface area contributed by atoms with Gasteiger partial charge in [0.05, 0.1) is 42.1 Å². The van der Waals surface area contributed by atoms with Gasteiger partial charge in [-0.1, -0.05) is 29.3 Å². The summed E-state index contributed by atoms with van der Waals surface area (Å²) in [5.74, 6) is 1.43. The van der Waals surface area contributed by atoms with E-state index in [0.717, 1.165) is 42.0 Å². The quantitative estimate of drug-likeness (QED) is 0.744. The van der Waals surface area contributed by atoms with Crippen LogP contribution in [0.2, 0.25) is 10.0 Å². The van der Waals surface area contributed by atoms with Gasteiger partial charge in [-0.2, -0.15) is 0 Å². The summed E-state index contributed by atoms with van der Waals surface area (Å²) >= 11 is 12.5. The number of rotatable bonds is 6. The number of carbonyl (C=O) groups is 1. The topological polar surface area (TPSA) is 52.0 Å². The number of quaternary nitrogens is 1. The SMILES string of the molecule is COc1ccc([C@H]2CCC[NH+]2CC(=O)Nc2c(Cl)ccc(C)c2Cl)c(OC)c1. The monoisotopic (exact) mass is 423 g/mol. The number of aryl methyl sites for hydroxylation is 1. The first-order chi connectivity index (χ1) is 13.4. The number of likely N-dealkylation sites (tertiary alicyclic amines) is 1. The Labute approximate surface area is 175 Å². The van der Waals surface area contributed by atoms with Crippen molar-refractivity contribution in [3.8, 4) is 11.5 Å². The van der Waals surface area contributed by atoms with E-state index in [2.05, 4.69) is 5.32 Å². The van der Waals surface area contributed by atoms with Crippen LogP contribution >= 0.6 is 23.2 Å². The van der Waals surface area contributed by atoms with E-state index in [1.165, 1.54) is 4.90 Å². The molecule has 3 rings (SSSR count). The number of nitrogens with one attached hydrogen (secondary N) is 2. The van der Waals surface area contributed by atoms with Crippen LogP contribution in [0, 0.1) is 6.92 Å². The van der Waals surface area contributed by atoms with Gasteiger partial charge in [-0.05, 0) is 30.7 Å². The number of anilines is 1. The largest absolute Gasteiger partial charge is 0.497 e. The van der Waals surface area contributed by atoms with Gasteiger partial charge < -0.3 is 19.7 Å². The van der Waals surface area contributed by atoms with E-state index in [9.17, 15) is 4.79 Å². The minimum absolute atomic E-state index is 0.108. The Hall–Kier alpha value is -1.95. The Kier molecular flexibility index (Phi) is 6.70. The molecule has 2 aromatic rings. The van der Waals surface area contributed by atoms with Gasteiger partial charge in [0, 0.05) is 18.9 Å². The molecule has 1 heterocycles. The fourth-order valence-electron chi connectivity index (χ4n) is 3.77. The van der Waals surface area contributed by atoms with Gasteiger partial charge in [-0.15, -0.1) is 0 Å². The number of hydrogen-bond acceptors (Lipinski definition) is 3. The molecule has 5 nitrogen and oxygen atoms in total. The molecule has 0 bridgehead atoms. The number of carbonyl (C=O) groups excluding carboxylic acids is 1. The van der Waals surface area contributed by atoms with E-state index in [4.69, 9.17) is 32.7 Å². The average molecular weight is 424 g/mol. The first-order valence-corrected chi connectivity index (χ1v) is 10.0. The van der Waals surface area contributed by atoms with Crippen LogP contribution in [0.5, 0.6) is 11.5 Å². The molecule has 0 aromatic heterocycles. The van der Waals surface area contributed by atoms with Crippen molar-refractivity contribution in [1.29, 1.82) is 0 Å². The predicted octanol–water partition coefficient (Wildman–Crippen LogP) is 3.68. The molecule has 1 aliphatic heterocycles. The molecule has 1 amide bonds. The van der Waals surface area contributed by atoms with Crippen LogP contribution in [0.15, 0.2) is 30.3 Å². The molecule has 2 atom stereocenters. The summed E-state index contributed by atoms with van der Waals surface area (Å²) in [7, 11) is 3.29. The molecular formula is C21H25Cl2N2O3+. The number of benzene rings is 2. The summed E-state index contributed by atoms with van der Waals surface area (Å²) in [6.07, 6.45) is 2.05. The lowest BCUT2D eigenvalue weighted by Crippen LogP contribution is -3.11. The van der Waals surface area contributed by atoms with Gasteiger partial charge in [-0.25, -0.2) is 0 Å². The molecular weight excluding hydrogens is 399 g/mol. The molecule has 0 aliphatic carbocycles. The van der Waals surface area contributed by atoms with Crippen molar-refractivity contribution in [2.45, 2.75) is 25.8 Å². The van der Waals surface area contributed by atoms with Crippen LogP contribution < -0.4 is 19.7 Å². The fraction of sp³-hybridized carbons (Fsp3) is 0.381. The van der Waals surface area contributed by atoms with Crippen LogP contribution in [0.25, 0.3) is 0 Å². The van der Waals surface area contributed by atoms with Crippen molar-refractivity contribution in [3.05, 3.63) is 51.5 Å².